The minimum absolute atomic E-state index is 0.658. The van der Waals surface area contributed by atoms with Crippen LogP contribution >= 0.6 is 0 Å². The molecule has 0 aliphatic heterocycles. The first kappa shape index (κ1) is 10.0. The Morgan fingerprint density at radius 2 is 2.13 bits per heavy atom. The van der Waals surface area contributed by atoms with Gasteiger partial charge in [-0.3, -0.25) is 0 Å². The lowest BCUT2D eigenvalue weighted by Gasteiger charge is -2.11. The van der Waals surface area contributed by atoms with Crippen LogP contribution in [0.25, 0.3) is 0 Å². The first-order chi connectivity index (χ1) is 7.16. The second-order valence-corrected chi connectivity index (χ2v) is 3.88. The van der Waals surface area contributed by atoms with Crippen LogP contribution in [0.3, 0.4) is 0 Å². The number of aliphatic carboxylic acids is 1. The Kier molecular flexibility index (Phi) is 2.62. The molecule has 3 nitrogen and oxygen atoms in total. The minimum atomic E-state index is -0.935. The van der Waals surface area contributed by atoms with Crippen molar-refractivity contribution in [1.82, 2.24) is 0 Å². The summed E-state index contributed by atoms with van der Waals surface area (Å²) >= 11 is 0. The van der Waals surface area contributed by atoms with Gasteiger partial charge < -0.3 is 9.84 Å². The largest absolute Gasteiger partial charge is 0.479 e. The summed E-state index contributed by atoms with van der Waals surface area (Å²) in [6.07, 6.45) is 2.61. The third-order valence-electron chi connectivity index (χ3n) is 2.73. The molecule has 0 heterocycles. The Labute approximate surface area is 88.7 Å². The monoisotopic (exact) mass is 206 g/mol. The molecule has 2 rings (SSSR count). The van der Waals surface area contributed by atoms with Gasteiger partial charge in [0.1, 0.15) is 5.75 Å². The fourth-order valence-corrected chi connectivity index (χ4v) is 1.88. The van der Waals surface area contributed by atoms with Crippen molar-refractivity contribution in [2.75, 3.05) is 0 Å². The number of hydrogen-bond acceptors (Lipinski definition) is 2. The highest BCUT2D eigenvalue weighted by Crippen LogP contribution is 2.26. The number of fused-ring (bicyclic) bond motifs is 1. The molecule has 1 aromatic rings. The Balaban J connectivity index is 2.13. The van der Waals surface area contributed by atoms with Gasteiger partial charge in [0.2, 0.25) is 0 Å². The highest BCUT2D eigenvalue weighted by molar-refractivity contribution is 5.72. The number of aryl methyl sites for hydroxylation is 2. The van der Waals surface area contributed by atoms with Gasteiger partial charge >= 0.3 is 5.97 Å². The molecule has 0 saturated heterocycles. The maximum atomic E-state index is 10.6. The van der Waals surface area contributed by atoms with E-state index in [9.17, 15) is 4.79 Å². The Bertz CT molecular complexity index is 384. The molecule has 1 atom stereocenters. The summed E-state index contributed by atoms with van der Waals surface area (Å²) in [5, 5.41) is 8.71. The smallest absolute Gasteiger partial charge is 0.344 e. The number of hydrogen-bond donors (Lipinski definition) is 1. The molecular weight excluding hydrogens is 192 g/mol. The third kappa shape index (κ3) is 2.12. The molecular formula is C12H14O3. The van der Waals surface area contributed by atoms with Gasteiger partial charge in [-0.1, -0.05) is 6.07 Å². The van der Waals surface area contributed by atoms with Crippen LogP contribution in [0.5, 0.6) is 5.75 Å². The van der Waals surface area contributed by atoms with Crippen LogP contribution in [0.1, 0.15) is 24.5 Å². The summed E-state index contributed by atoms with van der Waals surface area (Å²) in [6, 6.07) is 5.84. The van der Waals surface area contributed by atoms with E-state index in [0.29, 0.717) is 5.75 Å². The molecule has 1 N–H and O–H groups in total. The predicted molar refractivity (Wildman–Crippen MR) is 56.2 cm³/mol. The second kappa shape index (κ2) is 3.93. The van der Waals surface area contributed by atoms with Gasteiger partial charge in [-0.25, -0.2) is 4.79 Å². The summed E-state index contributed by atoms with van der Waals surface area (Å²) in [7, 11) is 0. The lowest BCUT2D eigenvalue weighted by Crippen LogP contribution is -2.22. The highest BCUT2D eigenvalue weighted by Gasteiger charge is 2.15. The van der Waals surface area contributed by atoms with Crippen LogP contribution in [0.15, 0.2) is 18.2 Å². The Hall–Kier alpha value is -1.51. The van der Waals surface area contributed by atoms with Crippen LogP contribution in [0.2, 0.25) is 0 Å². The summed E-state index contributed by atoms with van der Waals surface area (Å²) in [6.45, 7) is 1.54. The van der Waals surface area contributed by atoms with Crippen molar-refractivity contribution in [3.05, 3.63) is 29.3 Å². The standard InChI is InChI=1S/C12H14O3/c1-8(12(13)14)15-11-6-5-9-3-2-4-10(9)7-11/h5-8H,2-4H2,1H3,(H,13,14). The number of carboxylic acids is 1. The first-order valence-electron chi connectivity index (χ1n) is 5.18. The topological polar surface area (TPSA) is 46.5 Å². The van der Waals surface area contributed by atoms with Crippen LogP contribution in [0, 0.1) is 0 Å². The molecule has 0 fully saturated rings. The van der Waals surface area contributed by atoms with Crippen molar-refractivity contribution in [3.8, 4) is 5.75 Å². The number of rotatable bonds is 3. The van der Waals surface area contributed by atoms with Crippen molar-refractivity contribution in [2.24, 2.45) is 0 Å². The van der Waals surface area contributed by atoms with E-state index in [1.807, 2.05) is 18.2 Å². The molecule has 1 aliphatic carbocycles. The summed E-state index contributed by atoms with van der Waals surface area (Å²) in [4.78, 5) is 10.6. The molecule has 80 valence electrons. The maximum absolute atomic E-state index is 10.6. The summed E-state index contributed by atoms with van der Waals surface area (Å²) in [5.74, 6) is -0.277. The van der Waals surface area contributed by atoms with Gasteiger partial charge in [0.05, 0.1) is 0 Å². The van der Waals surface area contributed by atoms with Crippen molar-refractivity contribution in [2.45, 2.75) is 32.3 Å². The Morgan fingerprint density at radius 3 is 2.87 bits per heavy atom. The molecule has 0 spiro atoms. The van der Waals surface area contributed by atoms with Crippen LogP contribution < -0.4 is 4.74 Å². The molecule has 1 unspecified atom stereocenters. The molecule has 0 amide bonds. The van der Waals surface area contributed by atoms with Gasteiger partial charge in [-0.2, -0.15) is 0 Å². The zero-order valence-electron chi connectivity index (χ0n) is 8.69. The average molecular weight is 206 g/mol. The maximum Gasteiger partial charge on any atom is 0.344 e. The van der Waals surface area contributed by atoms with E-state index in [1.54, 1.807) is 0 Å². The van der Waals surface area contributed by atoms with E-state index in [-0.39, 0.29) is 0 Å². The lowest BCUT2D eigenvalue weighted by atomic mass is 10.1. The van der Waals surface area contributed by atoms with Crippen molar-refractivity contribution < 1.29 is 14.6 Å². The van der Waals surface area contributed by atoms with Crippen LogP contribution in [-0.2, 0) is 17.6 Å². The van der Waals surface area contributed by atoms with E-state index >= 15 is 0 Å². The predicted octanol–water partition coefficient (Wildman–Crippen LogP) is 2.03. The first-order valence-corrected chi connectivity index (χ1v) is 5.18. The normalized spacial score (nSPS) is 15.8. The van der Waals surface area contributed by atoms with Gasteiger partial charge in [0.25, 0.3) is 0 Å². The summed E-state index contributed by atoms with van der Waals surface area (Å²) < 4.78 is 5.30. The van der Waals surface area contributed by atoms with Crippen LogP contribution in [-0.4, -0.2) is 17.2 Å². The van der Waals surface area contributed by atoms with Gasteiger partial charge in [-0.05, 0) is 49.4 Å². The molecule has 3 heteroatoms. The fraction of sp³-hybridized carbons (Fsp3) is 0.417. The van der Waals surface area contributed by atoms with E-state index in [1.165, 1.54) is 24.5 Å². The summed E-state index contributed by atoms with van der Waals surface area (Å²) in [5.41, 5.74) is 2.66. The number of carboxylic acid groups (broad SMARTS) is 1. The lowest BCUT2D eigenvalue weighted by molar-refractivity contribution is -0.144. The van der Waals surface area contributed by atoms with Crippen LogP contribution in [0.4, 0.5) is 0 Å². The third-order valence-corrected chi connectivity index (χ3v) is 2.73. The highest BCUT2D eigenvalue weighted by atomic mass is 16.5. The molecule has 0 radical (unpaired) electrons. The zero-order valence-corrected chi connectivity index (χ0v) is 8.69. The van der Waals surface area contributed by atoms with E-state index in [2.05, 4.69) is 0 Å². The molecule has 0 saturated carbocycles. The zero-order chi connectivity index (χ0) is 10.8. The fourth-order valence-electron chi connectivity index (χ4n) is 1.88. The number of benzene rings is 1. The second-order valence-electron chi connectivity index (χ2n) is 3.88. The van der Waals surface area contributed by atoms with E-state index in [0.717, 1.165) is 12.8 Å². The van der Waals surface area contributed by atoms with Crippen molar-refractivity contribution >= 4 is 5.97 Å². The number of ether oxygens (including phenoxy) is 1. The molecule has 1 aliphatic rings. The average Bonchev–Trinajstić information content (AvgIpc) is 2.64. The quantitative estimate of drug-likeness (QED) is 0.823. The van der Waals surface area contributed by atoms with Gasteiger partial charge in [-0.15, -0.1) is 0 Å². The molecule has 1 aromatic carbocycles. The molecule has 0 bridgehead atoms. The molecule has 0 aromatic heterocycles. The SMILES string of the molecule is CC(Oc1ccc2c(c1)CCC2)C(=O)O. The van der Waals surface area contributed by atoms with Gasteiger partial charge in [0.15, 0.2) is 6.10 Å². The Morgan fingerprint density at radius 1 is 1.40 bits per heavy atom. The van der Waals surface area contributed by atoms with Crippen molar-refractivity contribution in [3.63, 3.8) is 0 Å². The van der Waals surface area contributed by atoms with Crippen molar-refractivity contribution in [1.29, 1.82) is 0 Å². The van der Waals surface area contributed by atoms with E-state index < -0.39 is 12.1 Å². The minimum Gasteiger partial charge on any atom is -0.479 e. The van der Waals surface area contributed by atoms with E-state index in [4.69, 9.17) is 9.84 Å². The van der Waals surface area contributed by atoms with Gasteiger partial charge in [0, 0.05) is 0 Å². The molecule has 15 heavy (non-hydrogen) atoms. The number of carbonyl (C=O) groups is 1.